The maximum Gasteiger partial charge on any atom is 0.472 e. The van der Waals surface area contributed by atoms with Gasteiger partial charge in [-0.3, -0.25) is 130 Å². The number of nitrogens with zero attached hydrogens (tertiary/aromatic N) is 18. The van der Waals surface area contributed by atoms with E-state index in [1.807, 2.05) is 4.98 Å². The SMILES string of the molecule is Cc1cn([C@H]2C[C@H](OP(=O)(O)OC[C@H]3O[C@@H](n4ccc(N)nc4=O)C[C@@H]3OP(=O)(O)OC[C@H]3O[C@@H](n4cnc5c(=O)[nH]c(N)nc54)C[C@@H]3OP(=O)(O)OC[C@H]3O[C@@H](n4cnc5c(=O)[nH]c(N)nc54)C[C@@H]3OP(=O)(O)OC[C@H]3O[C@@H](n4cnc5c(N)ncnc54)C[C@@H]3OP(=O)(O)OC[C@H]3O[C@@H](n4ccc(N)nc4=O)C[C@@H]3O)[C@@H](COP(=O)(O)O[C@H]3[C@@H](O)[C@H](n4cnc5c(=O)[nH]c(N)nc54)O[C@@H]3COP(=O)(O)O)O2)c(=O)[nH]c1=O. The fourth-order valence-corrected chi connectivity index (χ4v) is 23.0. The number of aromatic amines is 4. The van der Waals surface area contributed by atoms with Crippen LogP contribution in [-0.2, 0) is 124 Å². The Morgan fingerprint density at radius 3 is 1.07 bits per heavy atom. The zero-order valence-electron chi connectivity index (χ0n) is 74.7. The molecule has 72 nitrogen and oxygen atoms in total. The lowest BCUT2D eigenvalue weighted by Crippen LogP contribution is -2.36. The van der Waals surface area contributed by atoms with Crippen molar-refractivity contribution in [1.82, 2.24) is 107 Å². The van der Waals surface area contributed by atoms with Gasteiger partial charge in [0.1, 0.15) is 146 Å². The van der Waals surface area contributed by atoms with Gasteiger partial charge in [0.15, 0.2) is 51.2 Å². The Balaban J connectivity index is 0.563. The summed E-state index contributed by atoms with van der Waals surface area (Å²) in [6.07, 6.45) is -32.4. The molecule has 0 radical (unpaired) electrons. The van der Waals surface area contributed by atoms with Crippen LogP contribution in [0.25, 0.3) is 44.7 Å². The molecule has 6 unspecified atom stereocenters. The Morgan fingerprint density at radius 2 is 0.687 bits per heavy atom. The first-order chi connectivity index (χ1) is 69.3. The molecule has 18 heterocycles. The minimum Gasteiger partial charge on any atom is -0.390 e. The molecular weight excluding hydrogens is 2130 g/mol. The molecular formula is C68H87N28O44P7. The number of nitrogen functional groups attached to an aromatic ring is 6. The van der Waals surface area contributed by atoms with E-state index in [9.17, 15) is 115 Å². The van der Waals surface area contributed by atoms with Crippen LogP contribution in [0.2, 0.25) is 0 Å². The van der Waals surface area contributed by atoms with Crippen LogP contribution in [0.4, 0.5) is 35.3 Å². The molecule has 0 aliphatic carbocycles. The zero-order chi connectivity index (χ0) is 105. The molecule has 7 saturated heterocycles. The van der Waals surface area contributed by atoms with Gasteiger partial charge < -0.3 is 117 Å². The van der Waals surface area contributed by atoms with E-state index in [1.165, 1.54) is 30.1 Å². The predicted octanol–water partition coefficient (Wildman–Crippen LogP) is -4.44. The van der Waals surface area contributed by atoms with E-state index < -0.39 is 325 Å². The number of aliphatic hydroxyl groups excluding tert-OH is 2. The van der Waals surface area contributed by atoms with Gasteiger partial charge in [-0.2, -0.15) is 24.9 Å². The third-order valence-corrected chi connectivity index (χ3v) is 30.1. The highest BCUT2D eigenvalue weighted by molar-refractivity contribution is 7.49. The van der Waals surface area contributed by atoms with Gasteiger partial charge in [-0.1, -0.05) is 0 Å². The fraction of sp³-hybridized carbons (Fsp3) is 0.529. The normalized spacial score (nSPS) is 29.6. The average Bonchev–Trinajstić information content (AvgIpc) is 1.60. The third-order valence-electron chi connectivity index (χ3n) is 23.6. The maximum atomic E-state index is 14.7. The molecule has 0 spiro atoms. The van der Waals surface area contributed by atoms with Crippen molar-refractivity contribution in [3.63, 3.8) is 0 Å². The molecule has 7 aliphatic heterocycles. The predicted molar refractivity (Wildman–Crippen MR) is 478 cm³/mol. The number of fused-ring (bicyclic) bond motifs is 4. The number of anilines is 6. The molecule has 147 heavy (non-hydrogen) atoms. The van der Waals surface area contributed by atoms with Crippen LogP contribution in [-0.4, -0.2) is 294 Å². The first-order valence-electron chi connectivity index (χ1n) is 43.0. The van der Waals surface area contributed by atoms with Crippen LogP contribution >= 0.6 is 54.8 Å². The Bertz CT molecular complexity index is 7670. The Morgan fingerprint density at radius 1 is 0.361 bits per heavy atom. The van der Waals surface area contributed by atoms with Crippen molar-refractivity contribution in [3.8, 4) is 0 Å². The lowest BCUT2D eigenvalue weighted by atomic mass is 10.1. The van der Waals surface area contributed by atoms with E-state index in [4.69, 9.17) is 122 Å². The van der Waals surface area contributed by atoms with Gasteiger partial charge in [0, 0.05) is 62.7 Å². The van der Waals surface area contributed by atoms with Crippen molar-refractivity contribution in [2.24, 2.45) is 0 Å². The topological polar surface area (TPSA) is 1020 Å². The van der Waals surface area contributed by atoms with Crippen molar-refractivity contribution in [2.75, 3.05) is 80.7 Å². The van der Waals surface area contributed by atoms with Crippen LogP contribution in [0.3, 0.4) is 0 Å². The third kappa shape index (κ3) is 23.9. The van der Waals surface area contributed by atoms with E-state index in [2.05, 4.69) is 74.3 Å². The molecule has 26 N–H and O–H groups in total. The molecule has 0 aromatic carbocycles. The molecule has 18 rings (SSSR count). The molecule has 11 aromatic heterocycles. The van der Waals surface area contributed by atoms with Crippen LogP contribution in [0.1, 0.15) is 87.7 Å². The minimum absolute atomic E-state index is 0.0706. The van der Waals surface area contributed by atoms with Crippen molar-refractivity contribution in [2.45, 2.75) is 181 Å². The first-order valence-corrected chi connectivity index (χ1v) is 53.5. The van der Waals surface area contributed by atoms with E-state index >= 15 is 0 Å². The molecule has 79 heteroatoms. The second-order valence-electron chi connectivity index (χ2n) is 33.4. The molecule has 11 aromatic rings. The number of aliphatic hydroxyl groups is 2. The number of nitrogens with two attached hydrogens (primary N) is 6. The van der Waals surface area contributed by atoms with E-state index in [1.54, 1.807) is 0 Å². The number of aromatic nitrogens is 22. The van der Waals surface area contributed by atoms with E-state index in [0.29, 0.717) is 0 Å². The number of phosphoric acid groups is 7. The van der Waals surface area contributed by atoms with Gasteiger partial charge in [-0.25, -0.2) is 76.2 Å². The monoisotopic (exact) mass is 2220 g/mol. The van der Waals surface area contributed by atoms with Gasteiger partial charge in [0.05, 0.1) is 77.7 Å². The summed E-state index contributed by atoms with van der Waals surface area (Å²) in [6, 6.07) is 2.42. The summed E-state index contributed by atoms with van der Waals surface area (Å²) in [5.74, 6) is -1.81. The van der Waals surface area contributed by atoms with E-state index in [-0.39, 0.29) is 74.1 Å². The fourth-order valence-electron chi connectivity index (χ4n) is 16.9. The Kier molecular flexibility index (Phi) is 30.0. The summed E-state index contributed by atoms with van der Waals surface area (Å²) < 4.78 is 218. The van der Waals surface area contributed by atoms with Gasteiger partial charge >= 0.3 is 71.8 Å². The van der Waals surface area contributed by atoms with Gasteiger partial charge in [-0.05, 0) is 19.1 Å². The first kappa shape index (κ1) is 106. The number of hydrogen-bond acceptors (Lipinski definition) is 53. The second-order valence-corrected chi connectivity index (χ2v) is 43.1. The number of hydrogen-bond donors (Lipinski definition) is 20. The second kappa shape index (κ2) is 41.5. The van der Waals surface area contributed by atoms with Crippen molar-refractivity contribution in [3.05, 3.63) is 141 Å². The Labute approximate surface area is 813 Å². The van der Waals surface area contributed by atoms with Crippen LogP contribution in [0, 0.1) is 6.92 Å². The highest BCUT2D eigenvalue weighted by Crippen LogP contribution is 2.58. The molecule has 0 bridgehead atoms. The van der Waals surface area contributed by atoms with Gasteiger partial charge in [0.25, 0.3) is 22.2 Å². The smallest absolute Gasteiger partial charge is 0.390 e. The average molecular weight is 2220 g/mol. The summed E-state index contributed by atoms with van der Waals surface area (Å²) in [6.45, 7) is -6.71. The van der Waals surface area contributed by atoms with Crippen molar-refractivity contribution in [1.29, 1.82) is 0 Å². The Hall–Kier alpha value is -10.7. The quantitative estimate of drug-likeness (QED) is 0.0161. The summed E-state index contributed by atoms with van der Waals surface area (Å²) in [5, 5.41) is 22.5. The number of imidazole rings is 4. The van der Waals surface area contributed by atoms with Gasteiger partial charge in [0.2, 0.25) is 17.8 Å². The molecule has 798 valence electrons. The summed E-state index contributed by atoms with van der Waals surface area (Å²) in [4.78, 5) is 232. The molecule has 7 fully saturated rings. The van der Waals surface area contributed by atoms with Crippen LogP contribution in [0.15, 0.2) is 95.9 Å². The largest absolute Gasteiger partial charge is 0.472 e. The number of phosphoric ester groups is 7. The lowest BCUT2D eigenvalue weighted by Gasteiger charge is -2.26. The highest BCUT2D eigenvalue weighted by Gasteiger charge is 2.55. The maximum absolute atomic E-state index is 14.7. The number of aryl methyl sites for hydroxylation is 1. The van der Waals surface area contributed by atoms with Crippen LogP contribution < -0.4 is 73.7 Å². The molecule has 7 aliphatic rings. The molecule has 0 amide bonds. The number of H-pyrrole nitrogens is 4. The number of nitrogens with one attached hydrogen (secondary N) is 4. The number of ether oxygens (including phenoxy) is 7. The zero-order valence-corrected chi connectivity index (χ0v) is 80.9. The van der Waals surface area contributed by atoms with Crippen molar-refractivity contribution < 1.29 is 173 Å². The van der Waals surface area contributed by atoms with Gasteiger partial charge in [-0.15, -0.1) is 0 Å². The van der Waals surface area contributed by atoms with E-state index in [0.717, 1.165) is 71.2 Å². The summed E-state index contributed by atoms with van der Waals surface area (Å²) in [7, 11) is -39.4. The molecule has 0 saturated carbocycles. The molecule has 28 atom stereocenters. The summed E-state index contributed by atoms with van der Waals surface area (Å²) in [5.41, 5.74) is 26.7. The number of rotatable bonds is 40. The van der Waals surface area contributed by atoms with Crippen molar-refractivity contribution >= 4 is 135 Å². The lowest BCUT2D eigenvalue weighted by molar-refractivity contribution is -0.0650. The standard InChI is InChI=1S/C68H87N28O44P7/c1-25-12-92(68(105)89-58(25)99)43-8-28(34(130-43)18-127-147(119,120)140-52-38(19-121-141(106,107)108)134-62(51(52)98)96-24-80-50-57(96)85-65(74)88-61(50)102)136-144(113,114)123-14-33-27(7-42(129-33)91-5-3-40(70)82-67(91)104)135-143(111,112)125-16-36-30(10-45(132-36)94-22-78-48-55(94)83-63(72)86-59(48)100)139-146(117,118)126-17-37-31(11-46(133-37)95-23-79-49-56(95)84-64(73)87-60(49)101)138-145(115,116)124-15-35-29(9-44(131-35)93-21-77-47-53(71)75-20-76-54(47)93)137-142(109,110)122-13-32-26(97)6-41(128-32)90-4-2-39(69)81-66(90)103/h2-5,12,20-24,26-38,41-46,51-52,62,97-98H,6-11,13-19H2,1H3,(H,109,110)(H,111,112)(H,113,114)(H,115,116)(H,117,118)(H,119,120)(H2,69,81,103)(H2,70,82,104)(H2,71,75,76)(H,89,99,105)(H2,106,107,108)(H3,72,83,86,100)(H3,73,84,87,101)(H3,74,85,88,102)/t26-,27-,28-,29-,30-,31-,32+,33+,34+,35+,36+,37+,38+,41+,42+,43+,44+,45+,46+,51+,52+,62+/m0/s1. The highest BCUT2D eigenvalue weighted by atomic mass is 31.2. The van der Waals surface area contributed by atoms with Crippen LogP contribution in [0.5, 0.6) is 0 Å². The minimum atomic E-state index is -5.78. The summed E-state index contributed by atoms with van der Waals surface area (Å²) >= 11 is 0.